The summed E-state index contributed by atoms with van der Waals surface area (Å²) < 4.78 is 10.6. The number of rotatable bonds is 9. The highest BCUT2D eigenvalue weighted by Gasteiger charge is 2.09. The highest BCUT2D eigenvalue weighted by atomic mass is 16.5. The zero-order valence-corrected chi connectivity index (χ0v) is 11.6. The molecule has 0 heterocycles. The maximum Gasteiger partial charge on any atom is 0.488 e. The average molecular weight is 267 g/mol. The topological polar surface area (TPSA) is 62.2 Å². The minimum atomic E-state index is -1.43. The second-order valence-corrected chi connectivity index (χ2v) is 4.44. The molecule has 0 fully saturated rings. The van der Waals surface area contributed by atoms with Crippen molar-refractivity contribution in [3.05, 3.63) is 24.3 Å². The third kappa shape index (κ3) is 6.59. The molecule has 0 spiro atoms. The quantitative estimate of drug-likeness (QED) is 0.475. The standard InChI is InChI=1S/C13H22BNO4/c1-15(8-3-10-18-2)9-11-19-13-6-4-12(5-7-13)14(16)17/h4-7,16-17H,3,8-11H2,1-2H3. The van der Waals surface area contributed by atoms with Crippen LogP contribution in [0, 0.1) is 0 Å². The lowest BCUT2D eigenvalue weighted by Crippen LogP contribution is -2.29. The van der Waals surface area contributed by atoms with Crippen molar-refractivity contribution in [1.82, 2.24) is 4.90 Å². The zero-order chi connectivity index (χ0) is 14.1. The van der Waals surface area contributed by atoms with Crippen LogP contribution in [-0.4, -0.2) is 62.5 Å². The van der Waals surface area contributed by atoms with Gasteiger partial charge in [-0.2, -0.15) is 0 Å². The molecule has 0 atom stereocenters. The molecule has 0 aliphatic carbocycles. The largest absolute Gasteiger partial charge is 0.492 e. The molecule has 0 saturated carbocycles. The van der Waals surface area contributed by atoms with Crippen molar-refractivity contribution in [2.45, 2.75) is 6.42 Å². The molecule has 0 radical (unpaired) electrons. The van der Waals surface area contributed by atoms with Gasteiger partial charge in [0.15, 0.2) is 0 Å². The van der Waals surface area contributed by atoms with Gasteiger partial charge in [-0.25, -0.2) is 0 Å². The molecule has 1 aromatic carbocycles. The molecule has 5 nitrogen and oxygen atoms in total. The second kappa shape index (κ2) is 8.93. The summed E-state index contributed by atoms with van der Waals surface area (Å²) in [5, 5.41) is 17.9. The van der Waals surface area contributed by atoms with E-state index in [1.807, 2.05) is 7.05 Å². The van der Waals surface area contributed by atoms with Crippen LogP contribution >= 0.6 is 0 Å². The van der Waals surface area contributed by atoms with Gasteiger partial charge < -0.3 is 24.4 Å². The third-order valence-electron chi connectivity index (χ3n) is 2.81. The fourth-order valence-corrected chi connectivity index (χ4v) is 1.65. The Labute approximate surface area is 114 Å². The first kappa shape index (κ1) is 16.0. The van der Waals surface area contributed by atoms with E-state index in [9.17, 15) is 0 Å². The van der Waals surface area contributed by atoms with E-state index in [0.29, 0.717) is 12.1 Å². The van der Waals surface area contributed by atoms with Gasteiger partial charge in [-0.3, -0.25) is 0 Å². The Morgan fingerprint density at radius 3 is 2.37 bits per heavy atom. The summed E-state index contributed by atoms with van der Waals surface area (Å²) in [6, 6.07) is 6.75. The van der Waals surface area contributed by atoms with Gasteiger partial charge in [0, 0.05) is 26.8 Å². The van der Waals surface area contributed by atoms with E-state index in [-0.39, 0.29) is 0 Å². The van der Waals surface area contributed by atoms with Crippen LogP contribution in [0.25, 0.3) is 0 Å². The lowest BCUT2D eigenvalue weighted by Gasteiger charge is -2.16. The molecule has 0 saturated heterocycles. The summed E-state index contributed by atoms with van der Waals surface area (Å²) in [4.78, 5) is 2.19. The molecular weight excluding hydrogens is 245 g/mol. The molecule has 0 amide bonds. The molecule has 0 aliphatic rings. The Morgan fingerprint density at radius 1 is 1.11 bits per heavy atom. The van der Waals surface area contributed by atoms with Crippen molar-refractivity contribution in [2.75, 3.05) is 40.5 Å². The third-order valence-corrected chi connectivity index (χ3v) is 2.81. The van der Waals surface area contributed by atoms with Gasteiger partial charge in [0.2, 0.25) is 0 Å². The van der Waals surface area contributed by atoms with Gasteiger partial charge in [0.1, 0.15) is 12.4 Å². The first-order chi connectivity index (χ1) is 9.13. The lowest BCUT2D eigenvalue weighted by molar-refractivity contribution is 0.172. The zero-order valence-electron chi connectivity index (χ0n) is 11.6. The molecule has 0 aromatic heterocycles. The van der Waals surface area contributed by atoms with Crippen LogP contribution in [-0.2, 0) is 4.74 Å². The van der Waals surface area contributed by atoms with E-state index < -0.39 is 7.12 Å². The van der Waals surface area contributed by atoms with Crippen LogP contribution in [0.4, 0.5) is 0 Å². The number of likely N-dealkylation sites (N-methyl/N-ethyl adjacent to an activating group) is 1. The number of ether oxygens (including phenoxy) is 2. The normalized spacial score (nSPS) is 10.8. The molecule has 0 bridgehead atoms. The molecular formula is C13H22BNO4. The molecule has 1 rings (SSSR count). The van der Waals surface area contributed by atoms with E-state index in [1.165, 1.54) is 0 Å². The molecule has 19 heavy (non-hydrogen) atoms. The van der Waals surface area contributed by atoms with Gasteiger partial charge in [0.25, 0.3) is 0 Å². The van der Waals surface area contributed by atoms with Crippen LogP contribution in [0.2, 0.25) is 0 Å². The summed E-state index contributed by atoms with van der Waals surface area (Å²) in [7, 11) is 2.32. The van der Waals surface area contributed by atoms with Crippen LogP contribution < -0.4 is 10.2 Å². The van der Waals surface area contributed by atoms with Crippen LogP contribution in [0.3, 0.4) is 0 Å². The van der Waals surface area contributed by atoms with E-state index >= 15 is 0 Å². The Morgan fingerprint density at radius 2 is 1.79 bits per heavy atom. The first-order valence-corrected chi connectivity index (χ1v) is 6.40. The van der Waals surface area contributed by atoms with Crippen molar-refractivity contribution >= 4 is 12.6 Å². The summed E-state index contributed by atoms with van der Waals surface area (Å²) in [6.45, 7) is 3.20. The Hall–Kier alpha value is -1.08. The summed E-state index contributed by atoms with van der Waals surface area (Å²) in [5.41, 5.74) is 0.462. The number of hydrogen-bond donors (Lipinski definition) is 2. The summed E-state index contributed by atoms with van der Waals surface area (Å²) >= 11 is 0. The van der Waals surface area contributed by atoms with Gasteiger partial charge in [-0.05, 0) is 31.1 Å². The van der Waals surface area contributed by atoms with Gasteiger partial charge in [-0.15, -0.1) is 0 Å². The molecule has 6 heteroatoms. The fraction of sp³-hybridized carbons (Fsp3) is 0.538. The van der Waals surface area contributed by atoms with Crippen LogP contribution in [0.1, 0.15) is 6.42 Å². The number of methoxy groups -OCH3 is 1. The first-order valence-electron chi connectivity index (χ1n) is 6.40. The number of nitrogens with zero attached hydrogens (tertiary/aromatic N) is 1. The Kier molecular flexibility index (Phi) is 7.51. The molecule has 106 valence electrons. The summed E-state index contributed by atoms with van der Waals surface area (Å²) in [6.07, 6.45) is 1.01. The van der Waals surface area contributed by atoms with Crippen molar-refractivity contribution in [3.8, 4) is 5.75 Å². The highest BCUT2D eigenvalue weighted by molar-refractivity contribution is 6.58. The minimum absolute atomic E-state index is 0.462. The van der Waals surface area contributed by atoms with E-state index in [4.69, 9.17) is 19.5 Å². The van der Waals surface area contributed by atoms with E-state index in [0.717, 1.165) is 31.9 Å². The predicted octanol–water partition coefficient (Wildman–Crippen LogP) is -0.286. The van der Waals surface area contributed by atoms with Crippen molar-refractivity contribution < 1.29 is 19.5 Å². The van der Waals surface area contributed by atoms with Crippen LogP contribution in [0.5, 0.6) is 5.75 Å². The molecule has 2 N–H and O–H groups in total. The Bertz CT molecular complexity index is 345. The van der Waals surface area contributed by atoms with Crippen molar-refractivity contribution in [1.29, 1.82) is 0 Å². The maximum absolute atomic E-state index is 8.96. The monoisotopic (exact) mass is 267 g/mol. The maximum atomic E-state index is 8.96. The van der Waals surface area contributed by atoms with Crippen molar-refractivity contribution in [3.63, 3.8) is 0 Å². The molecule has 0 unspecified atom stereocenters. The van der Waals surface area contributed by atoms with E-state index in [1.54, 1.807) is 31.4 Å². The number of hydrogen-bond acceptors (Lipinski definition) is 5. The fourth-order valence-electron chi connectivity index (χ4n) is 1.65. The van der Waals surface area contributed by atoms with Gasteiger partial charge in [-0.1, -0.05) is 12.1 Å². The smallest absolute Gasteiger partial charge is 0.488 e. The molecule has 0 aliphatic heterocycles. The SMILES string of the molecule is COCCCN(C)CCOc1ccc(B(O)O)cc1. The highest BCUT2D eigenvalue weighted by Crippen LogP contribution is 2.07. The van der Waals surface area contributed by atoms with Crippen LogP contribution in [0.15, 0.2) is 24.3 Å². The lowest BCUT2D eigenvalue weighted by atomic mass is 9.80. The van der Waals surface area contributed by atoms with Gasteiger partial charge in [0.05, 0.1) is 0 Å². The Balaban J connectivity index is 2.21. The van der Waals surface area contributed by atoms with Crippen molar-refractivity contribution in [2.24, 2.45) is 0 Å². The van der Waals surface area contributed by atoms with Gasteiger partial charge >= 0.3 is 7.12 Å². The average Bonchev–Trinajstić information content (AvgIpc) is 2.39. The van der Waals surface area contributed by atoms with E-state index in [2.05, 4.69) is 4.90 Å². The predicted molar refractivity (Wildman–Crippen MR) is 75.8 cm³/mol. The minimum Gasteiger partial charge on any atom is -0.492 e. The number of benzene rings is 1. The summed E-state index contributed by atoms with van der Waals surface area (Å²) in [5.74, 6) is 0.731. The molecule has 1 aromatic rings. The second-order valence-electron chi connectivity index (χ2n) is 4.44.